The molecule has 1 aromatic carbocycles. The van der Waals surface area contributed by atoms with E-state index in [4.69, 9.17) is 5.26 Å². The monoisotopic (exact) mass is 357 g/mol. The Morgan fingerprint density at radius 1 is 1.24 bits per heavy atom. The molecular formula is C13H7BrF3N3O. The van der Waals surface area contributed by atoms with Crippen molar-refractivity contribution in [3.05, 3.63) is 46.6 Å². The smallest absolute Gasteiger partial charge is 0.405 e. The Morgan fingerprint density at radius 3 is 2.62 bits per heavy atom. The van der Waals surface area contributed by atoms with E-state index in [0.29, 0.717) is 11.5 Å². The number of rotatable bonds is 3. The van der Waals surface area contributed by atoms with Gasteiger partial charge in [0, 0.05) is 5.69 Å². The molecule has 0 amide bonds. The first-order valence-electron chi connectivity index (χ1n) is 5.57. The van der Waals surface area contributed by atoms with Crippen LogP contribution < -0.4 is 10.1 Å². The lowest BCUT2D eigenvalue weighted by Gasteiger charge is -2.12. The van der Waals surface area contributed by atoms with Gasteiger partial charge in [0.2, 0.25) is 0 Å². The maximum atomic E-state index is 12.2. The molecule has 0 saturated heterocycles. The van der Waals surface area contributed by atoms with E-state index in [1.807, 2.05) is 6.07 Å². The van der Waals surface area contributed by atoms with Gasteiger partial charge in [-0.3, -0.25) is 0 Å². The van der Waals surface area contributed by atoms with Crippen molar-refractivity contribution in [3.8, 4) is 11.8 Å². The van der Waals surface area contributed by atoms with Gasteiger partial charge in [-0.1, -0.05) is 6.07 Å². The summed E-state index contributed by atoms with van der Waals surface area (Å²) < 4.78 is 40.4. The topological polar surface area (TPSA) is 57.9 Å². The molecule has 0 radical (unpaired) electrons. The number of nitriles is 1. The molecule has 0 aliphatic rings. The van der Waals surface area contributed by atoms with E-state index < -0.39 is 6.36 Å². The van der Waals surface area contributed by atoms with Gasteiger partial charge in [0.25, 0.3) is 0 Å². The van der Waals surface area contributed by atoms with Crippen molar-refractivity contribution in [3.63, 3.8) is 0 Å². The Bertz CT molecular complexity index is 698. The standard InChI is InChI=1S/C13H7BrF3N3O/c14-10-6-8(4-5-11(10)21-13(15,16)17)19-12-3-1-2-9(7-18)20-12/h1-6H,(H,19,20). The molecule has 0 bridgehead atoms. The van der Waals surface area contributed by atoms with Crippen LogP contribution in [0.5, 0.6) is 5.75 Å². The minimum Gasteiger partial charge on any atom is -0.405 e. The number of hydrogen-bond donors (Lipinski definition) is 1. The quantitative estimate of drug-likeness (QED) is 0.886. The fourth-order valence-electron chi connectivity index (χ4n) is 1.50. The third kappa shape index (κ3) is 4.36. The summed E-state index contributed by atoms with van der Waals surface area (Å²) in [4.78, 5) is 4.00. The van der Waals surface area contributed by atoms with Crippen molar-refractivity contribution in [2.75, 3.05) is 5.32 Å². The van der Waals surface area contributed by atoms with Crippen molar-refractivity contribution >= 4 is 27.4 Å². The molecule has 4 nitrogen and oxygen atoms in total. The average Bonchev–Trinajstić information content (AvgIpc) is 2.41. The zero-order chi connectivity index (χ0) is 15.5. The molecule has 0 unspecified atom stereocenters. The van der Waals surface area contributed by atoms with Crippen molar-refractivity contribution in [2.45, 2.75) is 6.36 Å². The van der Waals surface area contributed by atoms with Crippen molar-refractivity contribution in [1.82, 2.24) is 4.98 Å². The SMILES string of the molecule is N#Cc1cccc(Nc2ccc(OC(F)(F)F)c(Br)c2)n1. The van der Waals surface area contributed by atoms with Crippen LogP contribution in [0.15, 0.2) is 40.9 Å². The normalized spacial score (nSPS) is 10.8. The molecule has 0 spiro atoms. The third-order valence-electron chi connectivity index (χ3n) is 2.29. The van der Waals surface area contributed by atoms with Crippen LogP contribution >= 0.6 is 15.9 Å². The maximum Gasteiger partial charge on any atom is 0.573 e. The average molecular weight is 358 g/mol. The zero-order valence-corrected chi connectivity index (χ0v) is 11.9. The maximum absolute atomic E-state index is 12.2. The summed E-state index contributed by atoms with van der Waals surface area (Å²) >= 11 is 3.00. The minimum atomic E-state index is -4.75. The highest BCUT2D eigenvalue weighted by Crippen LogP contribution is 2.33. The number of aromatic nitrogens is 1. The molecule has 1 N–H and O–H groups in total. The first-order valence-corrected chi connectivity index (χ1v) is 6.36. The highest BCUT2D eigenvalue weighted by atomic mass is 79.9. The van der Waals surface area contributed by atoms with Crippen LogP contribution in [0.25, 0.3) is 0 Å². The number of anilines is 2. The molecule has 0 fully saturated rings. The molecule has 0 aliphatic carbocycles. The van der Waals surface area contributed by atoms with Gasteiger partial charge < -0.3 is 10.1 Å². The molecule has 21 heavy (non-hydrogen) atoms. The Kier molecular flexibility index (Phi) is 4.33. The predicted molar refractivity (Wildman–Crippen MR) is 73.1 cm³/mol. The summed E-state index contributed by atoms with van der Waals surface area (Å²) in [5, 5.41) is 11.6. The fourth-order valence-corrected chi connectivity index (χ4v) is 1.96. The van der Waals surface area contributed by atoms with Crippen molar-refractivity contribution in [1.29, 1.82) is 5.26 Å². The Morgan fingerprint density at radius 2 is 2.00 bits per heavy atom. The van der Waals surface area contributed by atoms with Gasteiger partial charge in [-0.25, -0.2) is 4.98 Å². The first-order chi connectivity index (χ1) is 9.87. The molecule has 8 heteroatoms. The number of benzene rings is 1. The summed E-state index contributed by atoms with van der Waals surface area (Å²) in [6.07, 6.45) is -4.75. The molecule has 0 saturated carbocycles. The van der Waals surface area contributed by atoms with E-state index in [1.54, 1.807) is 18.2 Å². The Hall–Kier alpha value is -2.27. The van der Waals surface area contributed by atoms with Crippen LogP contribution in [0.2, 0.25) is 0 Å². The summed E-state index contributed by atoms with van der Waals surface area (Å²) in [7, 11) is 0. The van der Waals surface area contributed by atoms with E-state index in [1.165, 1.54) is 18.2 Å². The van der Waals surface area contributed by atoms with Crippen LogP contribution in [-0.4, -0.2) is 11.3 Å². The molecule has 2 rings (SSSR count). The lowest BCUT2D eigenvalue weighted by molar-refractivity contribution is -0.274. The lowest BCUT2D eigenvalue weighted by Crippen LogP contribution is -2.17. The van der Waals surface area contributed by atoms with Gasteiger partial charge >= 0.3 is 6.36 Å². The van der Waals surface area contributed by atoms with Crippen molar-refractivity contribution in [2.24, 2.45) is 0 Å². The highest BCUT2D eigenvalue weighted by molar-refractivity contribution is 9.10. The number of halogens is 4. The minimum absolute atomic E-state index is 0.140. The van der Waals surface area contributed by atoms with Crippen LogP contribution in [0.4, 0.5) is 24.7 Å². The number of ether oxygens (including phenoxy) is 1. The highest BCUT2D eigenvalue weighted by Gasteiger charge is 2.31. The summed E-state index contributed by atoms with van der Waals surface area (Å²) in [6, 6.07) is 10.7. The predicted octanol–water partition coefficient (Wildman–Crippen LogP) is 4.36. The number of alkyl halides is 3. The van der Waals surface area contributed by atoms with Gasteiger partial charge in [0.15, 0.2) is 0 Å². The Labute approximate surface area is 126 Å². The first kappa shape index (κ1) is 15.1. The molecule has 0 atom stereocenters. The van der Waals surface area contributed by atoms with Crippen molar-refractivity contribution < 1.29 is 17.9 Å². The third-order valence-corrected chi connectivity index (χ3v) is 2.91. The van der Waals surface area contributed by atoms with E-state index >= 15 is 0 Å². The van der Waals surface area contributed by atoms with Gasteiger partial charge in [-0.15, -0.1) is 13.2 Å². The number of pyridine rings is 1. The van der Waals surface area contributed by atoms with Crippen LogP contribution in [-0.2, 0) is 0 Å². The second-order valence-corrected chi connectivity index (χ2v) is 4.69. The molecular weight excluding hydrogens is 351 g/mol. The second-order valence-electron chi connectivity index (χ2n) is 3.84. The molecule has 108 valence electrons. The van der Waals surface area contributed by atoms with Gasteiger partial charge in [-0.05, 0) is 46.3 Å². The van der Waals surface area contributed by atoms with E-state index in [-0.39, 0.29) is 15.9 Å². The molecule has 1 aromatic heterocycles. The largest absolute Gasteiger partial charge is 0.573 e. The number of nitrogens with one attached hydrogen (secondary N) is 1. The Balaban J connectivity index is 2.18. The molecule has 2 aromatic rings. The van der Waals surface area contributed by atoms with E-state index in [2.05, 4.69) is 31.0 Å². The fraction of sp³-hybridized carbons (Fsp3) is 0.0769. The zero-order valence-electron chi connectivity index (χ0n) is 10.3. The molecule has 0 aliphatic heterocycles. The summed E-state index contributed by atoms with van der Waals surface area (Å²) in [6.45, 7) is 0. The van der Waals surface area contributed by atoms with Crippen LogP contribution in [0.3, 0.4) is 0 Å². The van der Waals surface area contributed by atoms with Crippen LogP contribution in [0.1, 0.15) is 5.69 Å². The lowest BCUT2D eigenvalue weighted by atomic mass is 10.3. The second kappa shape index (κ2) is 6.01. The van der Waals surface area contributed by atoms with E-state index in [0.717, 1.165) is 0 Å². The van der Waals surface area contributed by atoms with Gasteiger partial charge in [0.05, 0.1) is 4.47 Å². The summed E-state index contributed by atoms with van der Waals surface area (Å²) in [5.41, 5.74) is 0.732. The van der Waals surface area contributed by atoms with E-state index in [9.17, 15) is 13.2 Å². The summed E-state index contributed by atoms with van der Waals surface area (Å²) in [5.74, 6) is 0.0669. The van der Waals surface area contributed by atoms with Gasteiger partial charge in [-0.2, -0.15) is 5.26 Å². The van der Waals surface area contributed by atoms with Crippen LogP contribution in [0, 0.1) is 11.3 Å². The molecule has 1 heterocycles. The number of nitrogens with zero attached hydrogens (tertiary/aromatic N) is 2. The van der Waals surface area contributed by atoms with Gasteiger partial charge in [0.1, 0.15) is 23.3 Å². The number of hydrogen-bond acceptors (Lipinski definition) is 4.